The Balaban J connectivity index is 1.47. The molecule has 0 radical (unpaired) electrons. The fraction of sp³-hybridized carbons (Fsp3) is 0.353. The summed E-state index contributed by atoms with van der Waals surface area (Å²) >= 11 is 0. The van der Waals surface area contributed by atoms with Crippen LogP contribution >= 0.6 is 0 Å². The zero-order valence-electron chi connectivity index (χ0n) is 13.3. The first-order valence-corrected chi connectivity index (χ1v) is 8.00. The van der Waals surface area contributed by atoms with Crippen molar-refractivity contribution in [2.75, 3.05) is 18.0 Å². The molecule has 1 saturated heterocycles. The van der Waals surface area contributed by atoms with E-state index in [0.29, 0.717) is 6.01 Å². The molecule has 7 heteroatoms. The maximum absolute atomic E-state index is 11.0. The predicted octanol–water partition coefficient (Wildman–Crippen LogP) is 2.87. The Morgan fingerprint density at radius 2 is 2.12 bits per heavy atom. The molecule has 124 valence electrons. The highest BCUT2D eigenvalue weighted by atomic mass is 16.4. The number of fused-ring (bicyclic) bond motifs is 1. The minimum atomic E-state index is -0.944. The van der Waals surface area contributed by atoms with Crippen molar-refractivity contribution in [2.24, 2.45) is 0 Å². The zero-order chi connectivity index (χ0) is 16.7. The fourth-order valence-electron chi connectivity index (χ4n) is 3.13. The lowest BCUT2D eigenvalue weighted by Gasteiger charge is -2.30. The van der Waals surface area contributed by atoms with Crippen molar-refractivity contribution in [1.29, 1.82) is 0 Å². The molecule has 7 nitrogen and oxygen atoms in total. The number of oxazole rings is 1. The van der Waals surface area contributed by atoms with E-state index < -0.39 is 5.97 Å². The molecule has 0 spiro atoms. The topological polar surface area (TPSA) is 84.4 Å². The van der Waals surface area contributed by atoms with Crippen molar-refractivity contribution in [3.05, 3.63) is 41.7 Å². The average Bonchev–Trinajstić information content (AvgIpc) is 3.21. The normalized spacial score (nSPS) is 16.0. The number of piperidine rings is 1. The molecule has 1 N–H and O–H groups in total. The second-order valence-corrected chi connectivity index (χ2v) is 6.20. The Morgan fingerprint density at radius 1 is 1.33 bits per heavy atom. The molecular formula is C17H18N4O3. The van der Waals surface area contributed by atoms with E-state index in [0.717, 1.165) is 42.6 Å². The summed E-state index contributed by atoms with van der Waals surface area (Å²) in [6.45, 7) is 3.65. The van der Waals surface area contributed by atoms with Crippen molar-refractivity contribution in [2.45, 2.75) is 25.8 Å². The SMILES string of the molecule is Cc1ccc2oc(N3CCC(n4cc(C(=O)O)cn4)CC3)nc2c1. The van der Waals surface area contributed by atoms with Crippen molar-refractivity contribution >= 4 is 23.1 Å². The van der Waals surface area contributed by atoms with Gasteiger partial charge in [-0.2, -0.15) is 10.1 Å². The average molecular weight is 326 g/mol. The van der Waals surface area contributed by atoms with E-state index in [1.54, 1.807) is 10.9 Å². The number of carboxylic acid groups (broad SMARTS) is 1. The minimum absolute atomic E-state index is 0.209. The van der Waals surface area contributed by atoms with Crippen LogP contribution in [0.25, 0.3) is 11.1 Å². The third-order valence-electron chi connectivity index (χ3n) is 4.49. The molecule has 0 bridgehead atoms. The van der Waals surface area contributed by atoms with Crippen molar-refractivity contribution in [3.63, 3.8) is 0 Å². The maximum atomic E-state index is 11.0. The first kappa shape index (κ1) is 14.7. The first-order valence-electron chi connectivity index (χ1n) is 8.00. The Kier molecular flexibility index (Phi) is 3.48. The summed E-state index contributed by atoms with van der Waals surface area (Å²) in [4.78, 5) is 17.7. The Morgan fingerprint density at radius 3 is 2.83 bits per heavy atom. The van der Waals surface area contributed by atoms with E-state index >= 15 is 0 Å². The van der Waals surface area contributed by atoms with Crippen molar-refractivity contribution in [1.82, 2.24) is 14.8 Å². The maximum Gasteiger partial charge on any atom is 0.338 e. The molecule has 3 heterocycles. The largest absolute Gasteiger partial charge is 0.478 e. The molecule has 0 aliphatic carbocycles. The smallest absolute Gasteiger partial charge is 0.338 e. The van der Waals surface area contributed by atoms with Gasteiger partial charge >= 0.3 is 5.97 Å². The van der Waals surface area contributed by atoms with Gasteiger partial charge in [-0.25, -0.2) is 4.79 Å². The lowest BCUT2D eigenvalue weighted by molar-refractivity contribution is 0.0696. The molecular weight excluding hydrogens is 308 g/mol. The zero-order valence-corrected chi connectivity index (χ0v) is 13.3. The number of aromatic nitrogens is 3. The van der Waals surface area contributed by atoms with Gasteiger partial charge < -0.3 is 14.4 Å². The summed E-state index contributed by atoms with van der Waals surface area (Å²) in [7, 11) is 0. The molecule has 0 atom stereocenters. The van der Waals surface area contributed by atoms with Gasteiger partial charge in [0.15, 0.2) is 5.58 Å². The quantitative estimate of drug-likeness (QED) is 0.796. The van der Waals surface area contributed by atoms with Gasteiger partial charge in [-0.15, -0.1) is 0 Å². The summed E-state index contributed by atoms with van der Waals surface area (Å²) in [6, 6.07) is 6.85. The number of benzene rings is 1. The van der Waals surface area contributed by atoms with Crippen LogP contribution in [-0.4, -0.2) is 38.9 Å². The Labute approximate surface area is 138 Å². The third-order valence-corrected chi connectivity index (χ3v) is 4.49. The Bertz CT molecular complexity index is 890. The summed E-state index contributed by atoms with van der Waals surface area (Å²) in [6.07, 6.45) is 4.75. The number of nitrogens with zero attached hydrogens (tertiary/aromatic N) is 4. The van der Waals surface area contributed by atoms with E-state index in [4.69, 9.17) is 9.52 Å². The van der Waals surface area contributed by atoms with Crippen LogP contribution in [0.5, 0.6) is 0 Å². The standard InChI is InChI=1S/C17H18N4O3/c1-11-2-3-15-14(8-11)19-17(24-15)20-6-4-13(5-7-20)21-10-12(9-18-21)16(22)23/h2-3,8-10,13H,4-7H2,1H3,(H,22,23). The third kappa shape index (κ3) is 2.62. The molecule has 1 fully saturated rings. The molecule has 24 heavy (non-hydrogen) atoms. The van der Waals surface area contributed by atoms with Gasteiger partial charge in [0, 0.05) is 19.3 Å². The number of rotatable bonds is 3. The second-order valence-electron chi connectivity index (χ2n) is 6.20. The van der Waals surface area contributed by atoms with Gasteiger partial charge in [0.05, 0.1) is 17.8 Å². The highest BCUT2D eigenvalue weighted by molar-refractivity contribution is 5.86. The molecule has 0 unspecified atom stereocenters. The summed E-state index contributed by atoms with van der Waals surface area (Å²) in [5, 5.41) is 13.2. The number of hydrogen-bond acceptors (Lipinski definition) is 5. The van der Waals surface area contributed by atoms with Gasteiger partial charge in [-0.3, -0.25) is 4.68 Å². The van der Waals surface area contributed by atoms with Crippen LogP contribution in [-0.2, 0) is 0 Å². The van der Waals surface area contributed by atoms with E-state index in [-0.39, 0.29) is 11.6 Å². The molecule has 2 aromatic heterocycles. The van der Waals surface area contributed by atoms with Crippen LogP contribution in [0.2, 0.25) is 0 Å². The molecule has 3 aromatic rings. The molecule has 0 saturated carbocycles. The fourth-order valence-corrected chi connectivity index (χ4v) is 3.13. The Hall–Kier alpha value is -2.83. The van der Waals surface area contributed by atoms with Crippen LogP contribution in [0, 0.1) is 6.92 Å². The number of aryl methyl sites for hydroxylation is 1. The first-order chi connectivity index (χ1) is 11.6. The van der Waals surface area contributed by atoms with Crippen molar-refractivity contribution < 1.29 is 14.3 Å². The number of carboxylic acids is 1. The van der Waals surface area contributed by atoms with Crippen LogP contribution in [0.15, 0.2) is 35.0 Å². The van der Waals surface area contributed by atoms with E-state index in [2.05, 4.69) is 15.0 Å². The lowest BCUT2D eigenvalue weighted by atomic mass is 10.1. The predicted molar refractivity (Wildman–Crippen MR) is 88.4 cm³/mol. The molecule has 1 aromatic carbocycles. The van der Waals surface area contributed by atoms with Gasteiger partial charge in [0.1, 0.15) is 5.52 Å². The number of hydrogen-bond donors (Lipinski definition) is 1. The van der Waals surface area contributed by atoms with E-state index in [1.807, 2.05) is 25.1 Å². The molecule has 4 rings (SSSR count). The number of anilines is 1. The van der Waals surface area contributed by atoms with Crippen LogP contribution < -0.4 is 4.90 Å². The molecule has 0 amide bonds. The number of carbonyl (C=O) groups is 1. The van der Waals surface area contributed by atoms with Gasteiger partial charge in [-0.05, 0) is 37.5 Å². The van der Waals surface area contributed by atoms with Gasteiger partial charge in [0.2, 0.25) is 0 Å². The molecule has 1 aliphatic heterocycles. The number of aromatic carboxylic acids is 1. The van der Waals surface area contributed by atoms with Gasteiger partial charge in [0.25, 0.3) is 6.01 Å². The highest BCUT2D eigenvalue weighted by Gasteiger charge is 2.24. The molecule has 1 aliphatic rings. The van der Waals surface area contributed by atoms with Crippen LogP contribution in [0.3, 0.4) is 0 Å². The van der Waals surface area contributed by atoms with Gasteiger partial charge in [-0.1, -0.05) is 6.07 Å². The lowest BCUT2D eigenvalue weighted by Crippen LogP contribution is -2.35. The monoisotopic (exact) mass is 326 g/mol. The van der Waals surface area contributed by atoms with Crippen molar-refractivity contribution in [3.8, 4) is 0 Å². The summed E-state index contributed by atoms with van der Waals surface area (Å²) in [5.41, 5.74) is 3.07. The van der Waals surface area contributed by atoms with E-state index in [1.165, 1.54) is 6.20 Å². The second kappa shape index (κ2) is 5.67. The minimum Gasteiger partial charge on any atom is -0.478 e. The van der Waals surface area contributed by atoms with E-state index in [9.17, 15) is 4.79 Å². The van der Waals surface area contributed by atoms with Crippen LogP contribution in [0.1, 0.15) is 34.8 Å². The highest BCUT2D eigenvalue weighted by Crippen LogP contribution is 2.28. The van der Waals surface area contributed by atoms with Crippen LogP contribution in [0.4, 0.5) is 6.01 Å². The summed E-state index contributed by atoms with van der Waals surface area (Å²) < 4.78 is 7.61. The summed E-state index contributed by atoms with van der Waals surface area (Å²) in [5.74, 6) is -0.944.